The topological polar surface area (TPSA) is 75.3 Å². The standard InChI is InChI=1S/C17H19N3O3S/c1-3-23-15-9-5-4-7-13(15)12-20(2)24(21,22)16-11-19-17-14(16)8-6-10-18-17/h4-11H,3,12H2,1-2H3,(H,18,19). The molecular formula is C17H19N3O3S. The second-order valence-corrected chi connectivity index (χ2v) is 7.37. The molecule has 0 unspecified atom stereocenters. The van der Waals surface area contributed by atoms with Gasteiger partial charge in [0.05, 0.1) is 6.61 Å². The summed E-state index contributed by atoms with van der Waals surface area (Å²) in [5.41, 5.74) is 1.38. The van der Waals surface area contributed by atoms with Gasteiger partial charge in [-0.05, 0) is 25.1 Å². The first-order valence-corrected chi connectivity index (χ1v) is 9.07. The highest BCUT2D eigenvalue weighted by Crippen LogP contribution is 2.26. The van der Waals surface area contributed by atoms with Gasteiger partial charge < -0.3 is 9.72 Å². The Morgan fingerprint density at radius 1 is 1.21 bits per heavy atom. The normalized spacial score (nSPS) is 12.0. The fourth-order valence-electron chi connectivity index (χ4n) is 2.57. The molecular weight excluding hydrogens is 326 g/mol. The molecule has 0 fully saturated rings. The van der Waals surface area contributed by atoms with Gasteiger partial charge in [0.15, 0.2) is 0 Å². The second-order valence-electron chi connectivity index (χ2n) is 5.35. The maximum Gasteiger partial charge on any atom is 0.245 e. The Kier molecular flexibility index (Phi) is 4.55. The molecule has 3 rings (SSSR count). The fourth-order valence-corrected chi connectivity index (χ4v) is 3.86. The average molecular weight is 345 g/mol. The van der Waals surface area contributed by atoms with Crippen molar-refractivity contribution in [3.63, 3.8) is 0 Å². The lowest BCUT2D eigenvalue weighted by Crippen LogP contribution is -2.26. The Bertz CT molecular complexity index is 950. The van der Waals surface area contributed by atoms with Gasteiger partial charge in [-0.15, -0.1) is 0 Å². The second kappa shape index (κ2) is 6.62. The van der Waals surface area contributed by atoms with Crippen LogP contribution in [0, 0.1) is 0 Å². The molecule has 0 saturated heterocycles. The zero-order chi connectivity index (χ0) is 17.2. The third-order valence-corrected chi connectivity index (χ3v) is 5.61. The number of H-pyrrole nitrogens is 1. The fraction of sp³-hybridized carbons (Fsp3) is 0.235. The van der Waals surface area contributed by atoms with Crippen molar-refractivity contribution in [3.8, 4) is 5.75 Å². The van der Waals surface area contributed by atoms with E-state index in [4.69, 9.17) is 4.74 Å². The molecule has 0 amide bonds. The van der Waals surface area contributed by atoms with Gasteiger partial charge in [-0.1, -0.05) is 18.2 Å². The third kappa shape index (κ3) is 3.00. The highest BCUT2D eigenvalue weighted by molar-refractivity contribution is 7.89. The summed E-state index contributed by atoms with van der Waals surface area (Å²) in [5, 5.41) is 0.586. The Morgan fingerprint density at radius 2 is 2.00 bits per heavy atom. The molecule has 0 aliphatic carbocycles. The number of para-hydroxylation sites is 1. The summed E-state index contributed by atoms with van der Waals surface area (Å²) in [7, 11) is -2.08. The van der Waals surface area contributed by atoms with Crippen molar-refractivity contribution in [1.29, 1.82) is 0 Å². The number of sulfonamides is 1. The number of benzene rings is 1. The first-order chi connectivity index (χ1) is 11.5. The van der Waals surface area contributed by atoms with Crippen LogP contribution >= 0.6 is 0 Å². The van der Waals surface area contributed by atoms with Crippen molar-refractivity contribution in [2.75, 3.05) is 13.7 Å². The summed E-state index contributed by atoms with van der Waals surface area (Å²) in [6.07, 6.45) is 3.11. The molecule has 0 aliphatic heterocycles. The van der Waals surface area contributed by atoms with Crippen LogP contribution in [0.3, 0.4) is 0 Å². The zero-order valence-corrected chi connectivity index (χ0v) is 14.4. The van der Waals surface area contributed by atoms with E-state index in [0.717, 1.165) is 5.56 Å². The number of nitrogens with one attached hydrogen (secondary N) is 1. The van der Waals surface area contributed by atoms with Crippen molar-refractivity contribution in [2.24, 2.45) is 0 Å². The summed E-state index contributed by atoms with van der Waals surface area (Å²) in [4.78, 5) is 7.27. The summed E-state index contributed by atoms with van der Waals surface area (Å²) >= 11 is 0. The van der Waals surface area contributed by atoms with Crippen LogP contribution in [-0.2, 0) is 16.6 Å². The number of ether oxygens (including phenoxy) is 1. The monoisotopic (exact) mass is 345 g/mol. The van der Waals surface area contributed by atoms with E-state index in [0.29, 0.717) is 23.4 Å². The van der Waals surface area contributed by atoms with Gasteiger partial charge in [0.25, 0.3) is 0 Å². The summed E-state index contributed by atoms with van der Waals surface area (Å²) in [5.74, 6) is 0.697. The molecule has 0 aliphatic rings. The molecule has 2 heterocycles. The predicted molar refractivity (Wildman–Crippen MR) is 92.4 cm³/mol. The molecule has 0 atom stereocenters. The van der Waals surface area contributed by atoms with Crippen molar-refractivity contribution < 1.29 is 13.2 Å². The molecule has 7 heteroatoms. The van der Waals surface area contributed by atoms with E-state index >= 15 is 0 Å². The lowest BCUT2D eigenvalue weighted by Gasteiger charge is -2.18. The summed E-state index contributed by atoms with van der Waals surface area (Å²) in [6, 6.07) is 10.9. The first-order valence-electron chi connectivity index (χ1n) is 7.63. The van der Waals surface area contributed by atoms with Crippen LogP contribution in [0.2, 0.25) is 0 Å². The zero-order valence-electron chi connectivity index (χ0n) is 13.6. The van der Waals surface area contributed by atoms with Crippen LogP contribution in [0.15, 0.2) is 53.7 Å². The molecule has 1 N–H and O–H groups in total. The van der Waals surface area contributed by atoms with Crippen LogP contribution < -0.4 is 4.74 Å². The van der Waals surface area contributed by atoms with Gasteiger partial charge in [0, 0.05) is 36.9 Å². The molecule has 24 heavy (non-hydrogen) atoms. The van der Waals surface area contributed by atoms with Crippen molar-refractivity contribution in [1.82, 2.24) is 14.3 Å². The van der Waals surface area contributed by atoms with Crippen molar-refractivity contribution in [3.05, 3.63) is 54.4 Å². The predicted octanol–water partition coefficient (Wildman–Crippen LogP) is 2.78. The minimum atomic E-state index is -3.65. The van der Waals surface area contributed by atoms with Gasteiger partial charge in [-0.3, -0.25) is 0 Å². The van der Waals surface area contributed by atoms with E-state index in [1.165, 1.54) is 10.5 Å². The smallest absolute Gasteiger partial charge is 0.245 e. The van der Waals surface area contributed by atoms with Gasteiger partial charge >= 0.3 is 0 Å². The number of aromatic amines is 1. The van der Waals surface area contributed by atoms with E-state index in [1.807, 2.05) is 31.2 Å². The Labute approximate surface area is 141 Å². The van der Waals surface area contributed by atoms with Crippen LogP contribution in [-0.4, -0.2) is 36.3 Å². The largest absolute Gasteiger partial charge is 0.494 e. The average Bonchev–Trinajstić information content (AvgIpc) is 3.01. The maximum atomic E-state index is 12.9. The molecule has 1 aromatic carbocycles. The molecule has 0 bridgehead atoms. The summed E-state index contributed by atoms with van der Waals surface area (Å²) < 4.78 is 32.7. The number of hydrogen-bond acceptors (Lipinski definition) is 4. The Morgan fingerprint density at radius 3 is 2.79 bits per heavy atom. The molecule has 6 nitrogen and oxygen atoms in total. The van der Waals surface area contributed by atoms with Gasteiger partial charge in [-0.25, -0.2) is 13.4 Å². The Balaban J connectivity index is 1.93. The minimum Gasteiger partial charge on any atom is -0.494 e. The van der Waals surface area contributed by atoms with Gasteiger partial charge in [0.1, 0.15) is 16.3 Å². The number of aromatic nitrogens is 2. The SMILES string of the molecule is CCOc1ccccc1CN(C)S(=O)(=O)c1c[nH]c2ncccc12. The van der Waals surface area contributed by atoms with Crippen LogP contribution in [0.1, 0.15) is 12.5 Å². The van der Waals surface area contributed by atoms with E-state index in [-0.39, 0.29) is 11.4 Å². The molecule has 0 spiro atoms. The summed E-state index contributed by atoms with van der Waals surface area (Å²) in [6.45, 7) is 2.66. The number of pyridine rings is 1. The van der Waals surface area contributed by atoms with E-state index in [1.54, 1.807) is 25.4 Å². The highest BCUT2D eigenvalue weighted by atomic mass is 32.2. The highest BCUT2D eigenvalue weighted by Gasteiger charge is 2.25. The van der Waals surface area contributed by atoms with E-state index in [9.17, 15) is 8.42 Å². The van der Waals surface area contributed by atoms with Crippen molar-refractivity contribution >= 4 is 21.1 Å². The van der Waals surface area contributed by atoms with Gasteiger partial charge in [-0.2, -0.15) is 4.31 Å². The van der Waals surface area contributed by atoms with Crippen LogP contribution in [0.4, 0.5) is 0 Å². The maximum absolute atomic E-state index is 12.9. The number of rotatable bonds is 6. The van der Waals surface area contributed by atoms with E-state index < -0.39 is 10.0 Å². The number of hydrogen-bond donors (Lipinski definition) is 1. The molecule has 126 valence electrons. The van der Waals surface area contributed by atoms with Crippen molar-refractivity contribution in [2.45, 2.75) is 18.4 Å². The third-order valence-electron chi connectivity index (χ3n) is 3.77. The first kappa shape index (κ1) is 16.5. The van der Waals surface area contributed by atoms with E-state index in [2.05, 4.69) is 9.97 Å². The molecule has 2 aromatic heterocycles. The lowest BCUT2D eigenvalue weighted by atomic mass is 10.2. The number of nitrogens with zero attached hydrogens (tertiary/aromatic N) is 2. The molecule has 3 aromatic rings. The van der Waals surface area contributed by atoms with Crippen LogP contribution in [0.25, 0.3) is 11.0 Å². The minimum absolute atomic E-state index is 0.224. The number of fused-ring (bicyclic) bond motifs is 1. The molecule has 0 radical (unpaired) electrons. The van der Waals surface area contributed by atoms with Gasteiger partial charge in [0.2, 0.25) is 10.0 Å². The van der Waals surface area contributed by atoms with Crippen LogP contribution in [0.5, 0.6) is 5.75 Å². The molecule has 0 saturated carbocycles. The Hall–Kier alpha value is -2.38. The quantitative estimate of drug-likeness (QED) is 0.745. The lowest BCUT2D eigenvalue weighted by molar-refractivity contribution is 0.332.